The van der Waals surface area contributed by atoms with Crippen molar-refractivity contribution in [3.63, 3.8) is 0 Å². The first-order valence-electron chi connectivity index (χ1n) is 6.67. The summed E-state index contributed by atoms with van der Waals surface area (Å²) >= 11 is 0. The van der Waals surface area contributed by atoms with E-state index in [4.69, 9.17) is 0 Å². The molecule has 1 saturated heterocycles. The van der Waals surface area contributed by atoms with Crippen LogP contribution in [0.15, 0.2) is 0 Å². The monoisotopic (exact) mass is 210 g/mol. The molecule has 0 amide bonds. The van der Waals surface area contributed by atoms with Crippen LogP contribution in [0.2, 0.25) is 0 Å². The van der Waals surface area contributed by atoms with Gasteiger partial charge in [0.15, 0.2) is 0 Å². The molecule has 2 aliphatic rings. The fourth-order valence-corrected chi connectivity index (χ4v) is 2.83. The lowest BCUT2D eigenvalue weighted by Gasteiger charge is -2.37. The summed E-state index contributed by atoms with van der Waals surface area (Å²) < 4.78 is 0. The minimum atomic E-state index is 0.757. The van der Waals surface area contributed by atoms with Crippen LogP contribution in [0.1, 0.15) is 46.0 Å². The van der Waals surface area contributed by atoms with E-state index in [1.54, 1.807) is 0 Å². The van der Waals surface area contributed by atoms with Gasteiger partial charge in [-0.05, 0) is 58.5 Å². The minimum absolute atomic E-state index is 0.757. The van der Waals surface area contributed by atoms with Crippen LogP contribution in [0.4, 0.5) is 0 Å². The van der Waals surface area contributed by atoms with Crippen molar-refractivity contribution in [1.29, 1.82) is 0 Å². The Bertz CT molecular complexity index is 201. The van der Waals surface area contributed by atoms with Gasteiger partial charge in [0.1, 0.15) is 0 Å². The van der Waals surface area contributed by atoms with Crippen LogP contribution in [0, 0.1) is 5.92 Å². The molecule has 1 heterocycles. The molecule has 1 N–H and O–H groups in total. The molecular formula is C13H26N2. The Hall–Kier alpha value is -0.0800. The molecule has 0 bridgehead atoms. The highest BCUT2D eigenvalue weighted by Gasteiger charge is 2.32. The smallest absolute Gasteiger partial charge is 0.00967 e. The summed E-state index contributed by atoms with van der Waals surface area (Å²) in [5, 5.41) is 3.89. The second-order valence-corrected chi connectivity index (χ2v) is 5.57. The first kappa shape index (κ1) is 11.4. The summed E-state index contributed by atoms with van der Waals surface area (Å²) in [6.45, 7) is 5.94. The van der Waals surface area contributed by atoms with E-state index in [9.17, 15) is 0 Å². The molecule has 1 aliphatic carbocycles. The van der Waals surface area contributed by atoms with E-state index in [0.29, 0.717) is 0 Å². The Kier molecular flexibility index (Phi) is 3.68. The lowest BCUT2D eigenvalue weighted by molar-refractivity contribution is 0.159. The van der Waals surface area contributed by atoms with Crippen LogP contribution in [0.25, 0.3) is 0 Å². The van der Waals surface area contributed by atoms with Crippen molar-refractivity contribution in [1.82, 2.24) is 10.2 Å². The van der Waals surface area contributed by atoms with Gasteiger partial charge in [-0.1, -0.05) is 6.92 Å². The van der Waals surface area contributed by atoms with E-state index in [2.05, 4.69) is 31.1 Å². The average molecular weight is 210 g/mol. The van der Waals surface area contributed by atoms with Gasteiger partial charge in [-0.2, -0.15) is 0 Å². The zero-order chi connectivity index (χ0) is 10.8. The number of hydrogen-bond acceptors (Lipinski definition) is 2. The number of rotatable bonds is 4. The number of piperidine rings is 1. The van der Waals surface area contributed by atoms with Crippen molar-refractivity contribution in [3.8, 4) is 0 Å². The standard InChI is InChI=1S/C13H26N2/c1-4-13(11-5-6-11)14-12-7-8-15(3)10(2)9-12/h10-14H,4-9H2,1-3H3. The van der Waals surface area contributed by atoms with Crippen molar-refractivity contribution in [2.45, 2.75) is 64.1 Å². The normalized spacial score (nSPS) is 35.4. The first-order valence-corrected chi connectivity index (χ1v) is 6.67. The van der Waals surface area contributed by atoms with Gasteiger partial charge in [-0.15, -0.1) is 0 Å². The van der Waals surface area contributed by atoms with Crippen molar-refractivity contribution in [2.24, 2.45) is 5.92 Å². The molecule has 2 heteroatoms. The second kappa shape index (κ2) is 4.84. The molecule has 0 aromatic rings. The molecular weight excluding hydrogens is 184 g/mol. The van der Waals surface area contributed by atoms with Gasteiger partial charge < -0.3 is 10.2 Å². The summed E-state index contributed by atoms with van der Waals surface area (Å²) in [6, 6.07) is 2.35. The minimum Gasteiger partial charge on any atom is -0.311 e. The Balaban J connectivity index is 1.78. The SMILES string of the molecule is CCC(NC1CCN(C)C(C)C1)C1CC1. The average Bonchev–Trinajstić information content (AvgIpc) is 3.03. The van der Waals surface area contributed by atoms with E-state index < -0.39 is 0 Å². The molecule has 15 heavy (non-hydrogen) atoms. The third-order valence-electron chi connectivity index (χ3n) is 4.29. The maximum Gasteiger partial charge on any atom is 0.00967 e. The molecule has 1 saturated carbocycles. The van der Waals surface area contributed by atoms with Crippen molar-refractivity contribution in [2.75, 3.05) is 13.6 Å². The fraction of sp³-hybridized carbons (Fsp3) is 1.00. The predicted molar refractivity (Wildman–Crippen MR) is 65.1 cm³/mol. The maximum absolute atomic E-state index is 3.89. The van der Waals surface area contributed by atoms with Crippen molar-refractivity contribution < 1.29 is 0 Å². The molecule has 0 radical (unpaired) electrons. The van der Waals surface area contributed by atoms with Crippen molar-refractivity contribution >= 4 is 0 Å². The summed E-state index contributed by atoms with van der Waals surface area (Å²) in [5.74, 6) is 1.00. The Labute approximate surface area is 94.4 Å². The fourth-order valence-electron chi connectivity index (χ4n) is 2.83. The zero-order valence-electron chi connectivity index (χ0n) is 10.5. The molecule has 3 atom stereocenters. The van der Waals surface area contributed by atoms with Gasteiger partial charge >= 0.3 is 0 Å². The van der Waals surface area contributed by atoms with Gasteiger partial charge in [0.25, 0.3) is 0 Å². The molecule has 2 fully saturated rings. The summed E-state index contributed by atoms with van der Waals surface area (Å²) in [5.41, 5.74) is 0. The maximum atomic E-state index is 3.89. The van der Waals surface area contributed by atoms with Crippen LogP contribution in [0.3, 0.4) is 0 Å². The predicted octanol–water partition coefficient (Wildman–Crippen LogP) is 2.25. The van der Waals surface area contributed by atoms with Gasteiger partial charge in [0, 0.05) is 18.1 Å². The van der Waals surface area contributed by atoms with E-state index in [1.807, 2.05) is 0 Å². The molecule has 1 aliphatic heterocycles. The second-order valence-electron chi connectivity index (χ2n) is 5.57. The van der Waals surface area contributed by atoms with E-state index in [1.165, 1.54) is 38.6 Å². The molecule has 3 unspecified atom stereocenters. The molecule has 88 valence electrons. The van der Waals surface area contributed by atoms with Gasteiger partial charge in [-0.25, -0.2) is 0 Å². The largest absolute Gasteiger partial charge is 0.311 e. The van der Waals surface area contributed by atoms with E-state index >= 15 is 0 Å². The first-order chi connectivity index (χ1) is 7.20. The van der Waals surface area contributed by atoms with Crippen molar-refractivity contribution in [3.05, 3.63) is 0 Å². The van der Waals surface area contributed by atoms with Gasteiger partial charge in [0.05, 0.1) is 0 Å². The van der Waals surface area contributed by atoms with Crippen LogP contribution >= 0.6 is 0 Å². The Morgan fingerprint density at radius 2 is 2.07 bits per heavy atom. The zero-order valence-corrected chi connectivity index (χ0v) is 10.5. The third kappa shape index (κ3) is 2.94. The molecule has 2 rings (SSSR count). The number of nitrogens with one attached hydrogen (secondary N) is 1. The highest BCUT2D eigenvalue weighted by Crippen LogP contribution is 2.34. The molecule has 0 aromatic carbocycles. The highest BCUT2D eigenvalue weighted by molar-refractivity contribution is 4.90. The Morgan fingerprint density at radius 3 is 2.60 bits per heavy atom. The van der Waals surface area contributed by atoms with Crippen LogP contribution in [-0.2, 0) is 0 Å². The topological polar surface area (TPSA) is 15.3 Å². The number of likely N-dealkylation sites (tertiary alicyclic amines) is 1. The van der Waals surface area contributed by atoms with E-state index in [-0.39, 0.29) is 0 Å². The van der Waals surface area contributed by atoms with Crippen LogP contribution in [0.5, 0.6) is 0 Å². The summed E-state index contributed by atoms with van der Waals surface area (Å²) in [6.07, 6.45) is 6.91. The summed E-state index contributed by atoms with van der Waals surface area (Å²) in [7, 11) is 2.25. The van der Waals surface area contributed by atoms with E-state index in [0.717, 1.165) is 24.0 Å². The molecule has 0 aromatic heterocycles. The van der Waals surface area contributed by atoms with Crippen LogP contribution in [-0.4, -0.2) is 36.6 Å². The van der Waals surface area contributed by atoms with Gasteiger partial charge in [0.2, 0.25) is 0 Å². The highest BCUT2D eigenvalue weighted by atomic mass is 15.1. The van der Waals surface area contributed by atoms with Gasteiger partial charge in [-0.3, -0.25) is 0 Å². The number of nitrogens with zero attached hydrogens (tertiary/aromatic N) is 1. The summed E-state index contributed by atoms with van der Waals surface area (Å²) in [4.78, 5) is 2.48. The third-order valence-corrected chi connectivity index (χ3v) is 4.29. The number of hydrogen-bond donors (Lipinski definition) is 1. The quantitative estimate of drug-likeness (QED) is 0.765. The lowest BCUT2D eigenvalue weighted by Crippen LogP contribution is -2.49. The Morgan fingerprint density at radius 1 is 1.33 bits per heavy atom. The van der Waals surface area contributed by atoms with Crippen LogP contribution < -0.4 is 5.32 Å². The lowest BCUT2D eigenvalue weighted by atomic mass is 9.97. The molecule has 0 spiro atoms. The molecule has 2 nitrogen and oxygen atoms in total.